The first-order valence-electron chi connectivity index (χ1n) is 10.4. The van der Waals surface area contributed by atoms with Crippen molar-refractivity contribution in [2.24, 2.45) is 0 Å². The van der Waals surface area contributed by atoms with Crippen LogP contribution in [0.2, 0.25) is 0 Å². The zero-order chi connectivity index (χ0) is 19.6. The van der Waals surface area contributed by atoms with Crippen molar-refractivity contribution >= 4 is 5.91 Å². The summed E-state index contributed by atoms with van der Waals surface area (Å²) in [5, 5.41) is 0. The van der Waals surface area contributed by atoms with Gasteiger partial charge in [-0.05, 0) is 35.2 Å². The Morgan fingerprint density at radius 2 is 1.66 bits per heavy atom. The highest BCUT2D eigenvalue weighted by Crippen LogP contribution is 2.32. The predicted octanol–water partition coefficient (Wildman–Crippen LogP) is 2.12. The van der Waals surface area contributed by atoms with Crippen molar-refractivity contribution in [2.75, 3.05) is 46.1 Å². The van der Waals surface area contributed by atoms with E-state index >= 15 is 0 Å². The van der Waals surface area contributed by atoms with E-state index in [0.29, 0.717) is 13.3 Å². The Labute approximate surface area is 171 Å². The normalized spacial score (nSPS) is 19.2. The molecule has 1 fully saturated rings. The Morgan fingerprint density at radius 3 is 2.52 bits per heavy atom. The van der Waals surface area contributed by atoms with Crippen LogP contribution in [0.4, 0.5) is 0 Å². The third-order valence-corrected chi connectivity index (χ3v) is 6.14. The molecule has 0 aromatic heterocycles. The molecule has 2 aromatic rings. The van der Waals surface area contributed by atoms with Gasteiger partial charge in [-0.3, -0.25) is 14.6 Å². The van der Waals surface area contributed by atoms with Gasteiger partial charge in [0.15, 0.2) is 11.5 Å². The molecular formula is C23H27N3O3. The summed E-state index contributed by atoms with van der Waals surface area (Å²) in [7, 11) is 0. The van der Waals surface area contributed by atoms with E-state index in [1.165, 1.54) is 16.7 Å². The lowest BCUT2D eigenvalue weighted by Crippen LogP contribution is -2.51. The zero-order valence-electron chi connectivity index (χ0n) is 16.7. The number of hydrogen-bond donors (Lipinski definition) is 0. The first-order chi connectivity index (χ1) is 14.2. The number of nitrogens with zero attached hydrogens (tertiary/aromatic N) is 3. The van der Waals surface area contributed by atoms with Gasteiger partial charge >= 0.3 is 0 Å². The molecule has 0 radical (unpaired) electrons. The lowest BCUT2D eigenvalue weighted by molar-refractivity contribution is -0.134. The Balaban J connectivity index is 1.11. The molecule has 3 aliphatic heterocycles. The Kier molecular flexibility index (Phi) is 5.12. The molecule has 3 heterocycles. The Morgan fingerprint density at radius 1 is 0.862 bits per heavy atom. The maximum atomic E-state index is 12.8. The van der Waals surface area contributed by atoms with Crippen LogP contribution in [-0.4, -0.2) is 66.7 Å². The van der Waals surface area contributed by atoms with E-state index in [-0.39, 0.29) is 5.91 Å². The highest BCUT2D eigenvalue weighted by Gasteiger charge is 2.25. The first kappa shape index (κ1) is 18.5. The van der Waals surface area contributed by atoms with E-state index < -0.39 is 0 Å². The van der Waals surface area contributed by atoms with E-state index in [9.17, 15) is 4.79 Å². The number of benzene rings is 2. The Bertz CT molecular complexity index is 893. The van der Waals surface area contributed by atoms with Crippen LogP contribution >= 0.6 is 0 Å². The van der Waals surface area contributed by atoms with Gasteiger partial charge in [-0.2, -0.15) is 0 Å². The first-order valence-corrected chi connectivity index (χ1v) is 10.4. The molecule has 3 aliphatic rings. The summed E-state index contributed by atoms with van der Waals surface area (Å²) < 4.78 is 10.9. The van der Waals surface area contributed by atoms with Crippen LogP contribution in [0, 0.1) is 0 Å². The number of rotatable bonds is 4. The van der Waals surface area contributed by atoms with Crippen LogP contribution in [0.25, 0.3) is 0 Å². The van der Waals surface area contributed by atoms with Gasteiger partial charge in [-0.25, -0.2) is 0 Å². The van der Waals surface area contributed by atoms with E-state index in [2.05, 4.69) is 46.2 Å². The molecule has 5 rings (SSSR count). The van der Waals surface area contributed by atoms with Crippen LogP contribution in [0.15, 0.2) is 42.5 Å². The molecule has 0 bridgehead atoms. The predicted molar refractivity (Wildman–Crippen MR) is 110 cm³/mol. The van der Waals surface area contributed by atoms with E-state index in [4.69, 9.17) is 9.47 Å². The fourth-order valence-electron chi connectivity index (χ4n) is 4.43. The van der Waals surface area contributed by atoms with Crippen molar-refractivity contribution in [1.82, 2.24) is 14.7 Å². The summed E-state index contributed by atoms with van der Waals surface area (Å²) in [6, 6.07) is 14.7. The zero-order valence-corrected chi connectivity index (χ0v) is 16.7. The summed E-state index contributed by atoms with van der Waals surface area (Å²) in [6.07, 6.45) is 1.03. The smallest absolute Gasteiger partial charge is 0.236 e. The molecule has 1 saturated heterocycles. The minimum Gasteiger partial charge on any atom is -0.454 e. The molecular weight excluding hydrogens is 366 g/mol. The van der Waals surface area contributed by atoms with Crippen LogP contribution in [0.1, 0.15) is 16.7 Å². The number of fused-ring (bicyclic) bond motifs is 2. The summed E-state index contributed by atoms with van der Waals surface area (Å²) in [6.45, 7) is 6.97. The molecule has 6 nitrogen and oxygen atoms in total. The third kappa shape index (κ3) is 4.09. The van der Waals surface area contributed by atoms with Crippen LogP contribution < -0.4 is 9.47 Å². The number of piperazine rings is 1. The average molecular weight is 393 g/mol. The highest BCUT2D eigenvalue weighted by molar-refractivity contribution is 5.78. The molecule has 0 N–H and O–H groups in total. The van der Waals surface area contributed by atoms with Gasteiger partial charge in [0, 0.05) is 45.8 Å². The van der Waals surface area contributed by atoms with Gasteiger partial charge in [0.25, 0.3) is 0 Å². The Hall–Kier alpha value is -2.57. The van der Waals surface area contributed by atoms with Crippen molar-refractivity contribution in [3.8, 4) is 11.5 Å². The molecule has 0 atom stereocenters. The third-order valence-electron chi connectivity index (χ3n) is 6.14. The number of ether oxygens (including phenoxy) is 2. The lowest BCUT2D eigenvalue weighted by atomic mass is 10.00. The van der Waals surface area contributed by atoms with Crippen LogP contribution in [0.5, 0.6) is 11.5 Å². The van der Waals surface area contributed by atoms with Gasteiger partial charge in [0.2, 0.25) is 12.7 Å². The average Bonchev–Trinajstić information content (AvgIpc) is 3.22. The number of amides is 1. The monoisotopic (exact) mass is 393 g/mol. The fraction of sp³-hybridized carbons (Fsp3) is 0.435. The van der Waals surface area contributed by atoms with Crippen molar-refractivity contribution in [2.45, 2.75) is 19.5 Å². The van der Waals surface area contributed by atoms with Gasteiger partial charge < -0.3 is 14.4 Å². The fourth-order valence-corrected chi connectivity index (χ4v) is 4.43. The second kappa shape index (κ2) is 8.05. The second-order valence-electron chi connectivity index (χ2n) is 8.07. The molecule has 0 aliphatic carbocycles. The molecule has 2 aromatic carbocycles. The van der Waals surface area contributed by atoms with E-state index in [1.807, 2.05) is 11.0 Å². The lowest BCUT2D eigenvalue weighted by Gasteiger charge is -2.36. The summed E-state index contributed by atoms with van der Waals surface area (Å²) in [5.41, 5.74) is 4.01. The van der Waals surface area contributed by atoms with Gasteiger partial charge in [0.05, 0.1) is 6.54 Å². The van der Waals surface area contributed by atoms with Crippen LogP contribution in [-0.2, 0) is 24.3 Å². The van der Waals surface area contributed by atoms with Gasteiger partial charge in [-0.1, -0.05) is 30.3 Å². The van der Waals surface area contributed by atoms with Crippen molar-refractivity contribution in [3.63, 3.8) is 0 Å². The summed E-state index contributed by atoms with van der Waals surface area (Å²) >= 11 is 0. The highest BCUT2D eigenvalue weighted by atomic mass is 16.7. The van der Waals surface area contributed by atoms with Gasteiger partial charge in [0.1, 0.15) is 0 Å². The SMILES string of the molecule is O=C(CN1CCc2ccccc2C1)N1CCN(Cc2ccc3c(c2)OCO3)CC1. The minimum absolute atomic E-state index is 0.257. The number of carbonyl (C=O) groups excluding carboxylic acids is 1. The van der Waals surface area contributed by atoms with Crippen LogP contribution in [0.3, 0.4) is 0 Å². The molecule has 0 spiro atoms. The summed E-state index contributed by atoms with van der Waals surface area (Å²) in [4.78, 5) is 19.5. The quantitative estimate of drug-likeness (QED) is 0.796. The number of carbonyl (C=O) groups is 1. The van der Waals surface area contributed by atoms with E-state index in [0.717, 1.165) is 63.7 Å². The molecule has 1 amide bonds. The molecule has 152 valence electrons. The number of hydrogen-bond acceptors (Lipinski definition) is 5. The maximum absolute atomic E-state index is 12.8. The van der Waals surface area contributed by atoms with Gasteiger partial charge in [-0.15, -0.1) is 0 Å². The topological polar surface area (TPSA) is 45.3 Å². The maximum Gasteiger partial charge on any atom is 0.236 e. The minimum atomic E-state index is 0.257. The molecule has 29 heavy (non-hydrogen) atoms. The standard InChI is InChI=1S/C23H27N3O3/c27-23(16-25-8-7-19-3-1-2-4-20(19)15-25)26-11-9-24(10-12-26)14-18-5-6-21-22(13-18)29-17-28-21/h1-6,13H,7-12,14-17H2. The van der Waals surface area contributed by atoms with Crippen molar-refractivity contribution in [1.29, 1.82) is 0 Å². The van der Waals surface area contributed by atoms with Crippen molar-refractivity contribution < 1.29 is 14.3 Å². The molecule has 0 saturated carbocycles. The second-order valence-corrected chi connectivity index (χ2v) is 8.07. The molecule has 0 unspecified atom stereocenters. The van der Waals surface area contributed by atoms with Crippen molar-refractivity contribution in [3.05, 3.63) is 59.2 Å². The molecule has 6 heteroatoms. The largest absolute Gasteiger partial charge is 0.454 e. The van der Waals surface area contributed by atoms with E-state index in [1.54, 1.807) is 0 Å². The summed E-state index contributed by atoms with van der Waals surface area (Å²) in [5.74, 6) is 1.91.